The zero-order valence-corrected chi connectivity index (χ0v) is 10.6. The summed E-state index contributed by atoms with van der Waals surface area (Å²) in [5.41, 5.74) is 2.00. The first-order chi connectivity index (χ1) is 9.66. The van der Waals surface area contributed by atoms with Crippen LogP contribution < -0.4 is 0 Å². The maximum Gasteiger partial charge on any atom is 0.326 e. The molecule has 0 radical (unpaired) electrons. The molecule has 1 amide bonds. The molecule has 20 heavy (non-hydrogen) atoms. The van der Waals surface area contributed by atoms with Crippen molar-refractivity contribution in [3.63, 3.8) is 0 Å². The number of imidazole rings is 1. The van der Waals surface area contributed by atoms with Crippen LogP contribution in [0.1, 0.15) is 21.7 Å². The van der Waals surface area contributed by atoms with Crippen LogP contribution >= 0.6 is 0 Å². The van der Waals surface area contributed by atoms with Crippen LogP contribution in [0.15, 0.2) is 36.7 Å². The van der Waals surface area contributed by atoms with Gasteiger partial charge in [0.05, 0.1) is 24.3 Å². The number of aliphatic carboxylic acids is 1. The zero-order valence-electron chi connectivity index (χ0n) is 10.6. The van der Waals surface area contributed by atoms with Crippen LogP contribution in [0.3, 0.4) is 0 Å². The second-order valence-electron chi connectivity index (χ2n) is 4.69. The van der Waals surface area contributed by atoms with Gasteiger partial charge < -0.3 is 15.0 Å². The van der Waals surface area contributed by atoms with Gasteiger partial charge in [0, 0.05) is 12.0 Å². The van der Waals surface area contributed by atoms with Gasteiger partial charge in [-0.3, -0.25) is 4.79 Å². The normalized spacial score (nSPS) is 17.6. The summed E-state index contributed by atoms with van der Waals surface area (Å²) in [6.07, 6.45) is 1.76. The molecular weight excluding hydrogens is 258 g/mol. The summed E-state index contributed by atoms with van der Waals surface area (Å²) >= 11 is 0. The van der Waals surface area contributed by atoms with Crippen LogP contribution in [-0.2, 0) is 17.8 Å². The van der Waals surface area contributed by atoms with Crippen LogP contribution in [0.25, 0.3) is 0 Å². The summed E-state index contributed by atoms with van der Waals surface area (Å²) in [5.74, 6) is -1.29. The van der Waals surface area contributed by atoms with E-state index in [1.165, 1.54) is 11.2 Å². The second-order valence-corrected chi connectivity index (χ2v) is 4.69. The summed E-state index contributed by atoms with van der Waals surface area (Å²) in [5, 5.41) is 9.34. The van der Waals surface area contributed by atoms with Crippen molar-refractivity contribution >= 4 is 11.9 Å². The van der Waals surface area contributed by atoms with Crippen molar-refractivity contribution in [2.45, 2.75) is 19.0 Å². The zero-order chi connectivity index (χ0) is 14.1. The highest BCUT2D eigenvalue weighted by Gasteiger charge is 2.36. The standard InChI is InChI=1S/C14H13N3O3/c18-13(9-4-2-1-3-5-9)17-7-11-10(15-8-16-11)6-12(17)14(19)20/h1-5,8,12H,6-7H2,(H,15,16)(H,19,20)/t12-/m0/s1. The maximum atomic E-state index is 12.5. The predicted octanol–water partition coefficient (Wildman–Crippen LogP) is 1.06. The second kappa shape index (κ2) is 4.80. The largest absolute Gasteiger partial charge is 0.480 e. The number of fused-ring (bicyclic) bond motifs is 1. The molecule has 102 valence electrons. The fraction of sp³-hybridized carbons (Fsp3) is 0.214. The molecule has 1 aliphatic heterocycles. The number of carbonyl (C=O) groups excluding carboxylic acids is 1. The van der Waals surface area contributed by atoms with Gasteiger partial charge in [0.25, 0.3) is 5.91 Å². The lowest BCUT2D eigenvalue weighted by atomic mass is 10.0. The van der Waals surface area contributed by atoms with E-state index < -0.39 is 12.0 Å². The van der Waals surface area contributed by atoms with Crippen LogP contribution in [0.4, 0.5) is 0 Å². The number of rotatable bonds is 2. The Labute approximate surface area is 115 Å². The molecule has 0 saturated heterocycles. The van der Waals surface area contributed by atoms with Gasteiger partial charge in [-0.1, -0.05) is 18.2 Å². The number of nitrogens with zero attached hydrogens (tertiary/aromatic N) is 2. The molecule has 1 aromatic carbocycles. The quantitative estimate of drug-likeness (QED) is 0.855. The first kappa shape index (κ1) is 12.4. The van der Waals surface area contributed by atoms with Crippen molar-refractivity contribution in [2.75, 3.05) is 0 Å². The van der Waals surface area contributed by atoms with E-state index in [4.69, 9.17) is 0 Å². The number of nitrogens with one attached hydrogen (secondary N) is 1. The Hall–Kier alpha value is -2.63. The number of carboxylic acids is 1. The molecule has 0 fully saturated rings. The molecule has 1 atom stereocenters. The highest BCUT2D eigenvalue weighted by Crippen LogP contribution is 2.22. The van der Waals surface area contributed by atoms with Gasteiger partial charge in [0.15, 0.2) is 0 Å². The van der Waals surface area contributed by atoms with E-state index >= 15 is 0 Å². The summed E-state index contributed by atoms with van der Waals surface area (Å²) < 4.78 is 0. The molecular formula is C14H13N3O3. The Morgan fingerprint density at radius 2 is 2.05 bits per heavy atom. The number of carboxylic acid groups (broad SMARTS) is 1. The van der Waals surface area contributed by atoms with E-state index in [1.807, 2.05) is 6.07 Å². The summed E-state index contributed by atoms with van der Waals surface area (Å²) in [6.45, 7) is 0.236. The van der Waals surface area contributed by atoms with Crippen molar-refractivity contribution in [1.29, 1.82) is 0 Å². The summed E-state index contributed by atoms with van der Waals surface area (Å²) in [4.78, 5) is 32.3. The third kappa shape index (κ3) is 2.05. The monoisotopic (exact) mass is 271 g/mol. The Morgan fingerprint density at radius 3 is 2.75 bits per heavy atom. The third-order valence-electron chi connectivity index (χ3n) is 3.47. The van der Waals surface area contributed by atoms with Gasteiger partial charge in [-0.05, 0) is 12.1 Å². The molecule has 2 aromatic rings. The number of hydrogen-bond acceptors (Lipinski definition) is 3. The smallest absolute Gasteiger partial charge is 0.326 e. The first-order valence-corrected chi connectivity index (χ1v) is 6.27. The average Bonchev–Trinajstić information content (AvgIpc) is 2.93. The van der Waals surface area contributed by atoms with Gasteiger partial charge in [-0.25, -0.2) is 9.78 Å². The van der Waals surface area contributed by atoms with E-state index in [2.05, 4.69) is 9.97 Å². The van der Waals surface area contributed by atoms with Crippen molar-refractivity contribution in [1.82, 2.24) is 14.9 Å². The average molecular weight is 271 g/mol. The Bertz CT molecular complexity index is 651. The van der Waals surface area contributed by atoms with Crippen LogP contribution in [0.5, 0.6) is 0 Å². The highest BCUT2D eigenvalue weighted by molar-refractivity contribution is 5.96. The molecule has 1 aliphatic rings. The number of hydrogen-bond donors (Lipinski definition) is 2. The van der Waals surface area contributed by atoms with Gasteiger partial charge in [-0.2, -0.15) is 0 Å². The Balaban J connectivity index is 1.95. The van der Waals surface area contributed by atoms with Crippen LogP contribution in [-0.4, -0.2) is 37.9 Å². The van der Waals surface area contributed by atoms with Gasteiger partial charge >= 0.3 is 5.97 Å². The number of aromatic amines is 1. The van der Waals surface area contributed by atoms with Crippen molar-refractivity contribution < 1.29 is 14.7 Å². The van der Waals surface area contributed by atoms with Crippen LogP contribution in [0, 0.1) is 0 Å². The number of amides is 1. The topological polar surface area (TPSA) is 86.3 Å². The van der Waals surface area contributed by atoms with E-state index in [9.17, 15) is 14.7 Å². The molecule has 0 unspecified atom stereocenters. The molecule has 6 nitrogen and oxygen atoms in total. The lowest BCUT2D eigenvalue weighted by Gasteiger charge is -2.32. The lowest BCUT2D eigenvalue weighted by Crippen LogP contribution is -2.48. The fourth-order valence-electron chi connectivity index (χ4n) is 2.42. The molecule has 3 rings (SSSR count). The minimum absolute atomic E-state index is 0.229. The highest BCUT2D eigenvalue weighted by atomic mass is 16.4. The molecule has 1 aromatic heterocycles. The molecule has 0 bridgehead atoms. The number of aromatic nitrogens is 2. The molecule has 0 spiro atoms. The van der Waals surface area contributed by atoms with Crippen molar-refractivity contribution in [2.24, 2.45) is 0 Å². The van der Waals surface area contributed by atoms with Gasteiger partial charge in [0.1, 0.15) is 6.04 Å². The SMILES string of the molecule is O=C(O)[C@@H]1Cc2nc[nH]c2CN1C(=O)c1ccccc1. The summed E-state index contributed by atoms with van der Waals surface area (Å²) in [7, 11) is 0. The minimum atomic E-state index is -1.01. The van der Waals surface area contributed by atoms with E-state index in [0.29, 0.717) is 5.56 Å². The van der Waals surface area contributed by atoms with Crippen LogP contribution in [0.2, 0.25) is 0 Å². The number of H-pyrrole nitrogens is 1. The van der Waals surface area contributed by atoms with E-state index in [1.54, 1.807) is 24.3 Å². The lowest BCUT2D eigenvalue weighted by molar-refractivity contribution is -0.142. The van der Waals surface area contributed by atoms with E-state index in [-0.39, 0.29) is 18.9 Å². The summed E-state index contributed by atoms with van der Waals surface area (Å²) in [6, 6.07) is 7.82. The molecule has 2 heterocycles. The van der Waals surface area contributed by atoms with Crippen molar-refractivity contribution in [3.05, 3.63) is 53.6 Å². The molecule has 0 aliphatic carbocycles. The van der Waals surface area contributed by atoms with Gasteiger partial charge in [-0.15, -0.1) is 0 Å². The number of carbonyl (C=O) groups is 2. The third-order valence-corrected chi connectivity index (χ3v) is 3.47. The molecule has 2 N–H and O–H groups in total. The predicted molar refractivity (Wildman–Crippen MR) is 70.0 cm³/mol. The fourth-order valence-corrected chi connectivity index (χ4v) is 2.42. The number of benzene rings is 1. The molecule has 0 saturated carbocycles. The van der Waals surface area contributed by atoms with Gasteiger partial charge in [0.2, 0.25) is 0 Å². The Morgan fingerprint density at radius 1 is 1.30 bits per heavy atom. The Kier molecular flexibility index (Phi) is 2.98. The maximum absolute atomic E-state index is 12.5. The van der Waals surface area contributed by atoms with Crippen molar-refractivity contribution in [3.8, 4) is 0 Å². The van der Waals surface area contributed by atoms with E-state index in [0.717, 1.165) is 11.4 Å². The minimum Gasteiger partial charge on any atom is -0.480 e. The molecule has 6 heteroatoms. The first-order valence-electron chi connectivity index (χ1n) is 6.27.